The summed E-state index contributed by atoms with van der Waals surface area (Å²) in [6.45, 7) is 5.66. The van der Waals surface area contributed by atoms with Crippen LogP contribution in [0, 0.1) is 0 Å². The lowest BCUT2D eigenvalue weighted by Crippen LogP contribution is -1.95. The highest BCUT2D eigenvalue weighted by Gasteiger charge is 1.94. The van der Waals surface area contributed by atoms with Crippen LogP contribution in [-0.2, 0) is 11.3 Å². The van der Waals surface area contributed by atoms with Crippen molar-refractivity contribution in [3.8, 4) is 5.75 Å². The molecule has 19 heavy (non-hydrogen) atoms. The average Bonchev–Trinajstić information content (AvgIpc) is 2.42. The number of rotatable bonds is 8. The Hall–Kier alpha value is -1.54. The highest BCUT2D eigenvalue weighted by atomic mass is 16.5. The second-order valence-corrected chi connectivity index (χ2v) is 4.72. The van der Waals surface area contributed by atoms with Gasteiger partial charge >= 0.3 is 0 Å². The monoisotopic (exact) mass is 260 g/mol. The number of benzene rings is 1. The first-order valence-corrected chi connectivity index (χ1v) is 6.73. The minimum Gasteiger partial charge on any atom is -0.497 e. The van der Waals surface area contributed by atoms with Gasteiger partial charge < -0.3 is 9.47 Å². The Morgan fingerprint density at radius 3 is 2.53 bits per heavy atom. The zero-order valence-corrected chi connectivity index (χ0v) is 12.2. The summed E-state index contributed by atoms with van der Waals surface area (Å²) >= 11 is 0. The molecule has 0 fully saturated rings. The molecule has 1 aromatic carbocycles. The summed E-state index contributed by atoms with van der Waals surface area (Å²) in [5, 5.41) is 0. The lowest BCUT2D eigenvalue weighted by atomic mass is 10.2. The molecule has 0 bridgehead atoms. The fraction of sp³-hybridized carbons (Fsp3) is 0.412. The topological polar surface area (TPSA) is 18.5 Å². The van der Waals surface area contributed by atoms with Crippen LogP contribution in [0.25, 0.3) is 0 Å². The molecule has 0 N–H and O–H groups in total. The van der Waals surface area contributed by atoms with Gasteiger partial charge in [0.2, 0.25) is 0 Å². The Labute approximate surface area is 116 Å². The van der Waals surface area contributed by atoms with Crippen LogP contribution in [0.2, 0.25) is 0 Å². The van der Waals surface area contributed by atoms with E-state index in [-0.39, 0.29) is 0 Å². The summed E-state index contributed by atoms with van der Waals surface area (Å²) in [5.41, 5.74) is 2.51. The highest BCUT2D eigenvalue weighted by molar-refractivity contribution is 5.26. The second kappa shape index (κ2) is 9.40. The zero-order chi connectivity index (χ0) is 13.9. The summed E-state index contributed by atoms with van der Waals surface area (Å²) in [6.07, 6.45) is 8.54. The first-order valence-electron chi connectivity index (χ1n) is 6.73. The molecule has 0 saturated heterocycles. The van der Waals surface area contributed by atoms with Gasteiger partial charge in [-0.05, 0) is 44.4 Å². The van der Waals surface area contributed by atoms with E-state index in [1.165, 1.54) is 11.1 Å². The van der Waals surface area contributed by atoms with Crippen LogP contribution in [0.15, 0.2) is 48.1 Å². The molecule has 0 aliphatic carbocycles. The van der Waals surface area contributed by atoms with Gasteiger partial charge in [0.1, 0.15) is 5.75 Å². The molecule has 0 spiro atoms. The summed E-state index contributed by atoms with van der Waals surface area (Å²) < 4.78 is 10.7. The average molecular weight is 260 g/mol. The van der Waals surface area contributed by atoms with Crippen molar-refractivity contribution in [1.29, 1.82) is 0 Å². The molecule has 0 aromatic heterocycles. The predicted octanol–water partition coefficient (Wildman–Crippen LogP) is 4.51. The van der Waals surface area contributed by atoms with Crippen molar-refractivity contribution in [2.45, 2.75) is 33.3 Å². The van der Waals surface area contributed by atoms with Gasteiger partial charge in [-0.2, -0.15) is 0 Å². The fourth-order valence-electron chi connectivity index (χ4n) is 1.57. The van der Waals surface area contributed by atoms with Crippen molar-refractivity contribution in [3.63, 3.8) is 0 Å². The van der Waals surface area contributed by atoms with E-state index in [1.54, 1.807) is 7.11 Å². The maximum absolute atomic E-state index is 5.63. The third-order valence-electron chi connectivity index (χ3n) is 2.65. The molecule has 2 heteroatoms. The first-order chi connectivity index (χ1) is 9.22. The molecule has 1 rings (SSSR count). The Kier molecular flexibility index (Phi) is 7.68. The van der Waals surface area contributed by atoms with Crippen LogP contribution in [-0.4, -0.2) is 13.7 Å². The molecule has 0 aliphatic heterocycles. The quantitative estimate of drug-likeness (QED) is 0.505. The summed E-state index contributed by atoms with van der Waals surface area (Å²) in [7, 11) is 1.67. The first kappa shape index (κ1) is 15.5. The second-order valence-electron chi connectivity index (χ2n) is 4.72. The minimum atomic E-state index is 0.668. The SMILES string of the molecule is COc1ccc(COCCC/C=C/C=C(C)C)cc1. The molecule has 0 aliphatic rings. The maximum Gasteiger partial charge on any atom is 0.118 e. The van der Waals surface area contributed by atoms with Gasteiger partial charge in [0.05, 0.1) is 13.7 Å². The summed E-state index contributed by atoms with van der Waals surface area (Å²) in [5.74, 6) is 0.883. The number of ether oxygens (including phenoxy) is 2. The number of allylic oxidation sites excluding steroid dienone is 4. The number of hydrogen-bond acceptors (Lipinski definition) is 2. The molecule has 0 saturated carbocycles. The fourth-order valence-corrected chi connectivity index (χ4v) is 1.57. The van der Waals surface area contributed by atoms with Crippen LogP contribution in [0.4, 0.5) is 0 Å². The zero-order valence-electron chi connectivity index (χ0n) is 12.2. The molecule has 0 heterocycles. The molecule has 1 aromatic rings. The van der Waals surface area contributed by atoms with Crippen LogP contribution in [0.1, 0.15) is 32.3 Å². The van der Waals surface area contributed by atoms with E-state index in [0.717, 1.165) is 25.2 Å². The van der Waals surface area contributed by atoms with Gasteiger partial charge in [0.25, 0.3) is 0 Å². The van der Waals surface area contributed by atoms with Gasteiger partial charge in [-0.1, -0.05) is 35.9 Å². The lowest BCUT2D eigenvalue weighted by molar-refractivity contribution is 0.119. The lowest BCUT2D eigenvalue weighted by Gasteiger charge is -2.04. The van der Waals surface area contributed by atoms with Crippen LogP contribution in [0.5, 0.6) is 5.75 Å². The van der Waals surface area contributed by atoms with Crippen molar-refractivity contribution in [2.75, 3.05) is 13.7 Å². The van der Waals surface area contributed by atoms with E-state index >= 15 is 0 Å². The van der Waals surface area contributed by atoms with E-state index in [1.807, 2.05) is 24.3 Å². The van der Waals surface area contributed by atoms with Gasteiger partial charge in [0, 0.05) is 6.61 Å². The molecular formula is C17H24O2. The van der Waals surface area contributed by atoms with Crippen LogP contribution >= 0.6 is 0 Å². The molecule has 104 valence electrons. The Balaban J connectivity index is 2.10. The van der Waals surface area contributed by atoms with E-state index in [4.69, 9.17) is 9.47 Å². The predicted molar refractivity (Wildman–Crippen MR) is 80.5 cm³/mol. The van der Waals surface area contributed by atoms with E-state index in [0.29, 0.717) is 6.61 Å². The van der Waals surface area contributed by atoms with Gasteiger partial charge in [-0.3, -0.25) is 0 Å². The summed E-state index contributed by atoms with van der Waals surface area (Å²) in [6, 6.07) is 7.99. The van der Waals surface area contributed by atoms with Crippen LogP contribution in [0.3, 0.4) is 0 Å². The largest absolute Gasteiger partial charge is 0.497 e. The third kappa shape index (κ3) is 7.47. The number of hydrogen-bond donors (Lipinski definition) is 0. The van der Waals surface area contributed by atoms with Crippen LogP contribution < -0.4 is 4.74 Å². The van der Waals surface area contributed by atoms with Crippen molar-refractivity contribution in [2.24, 2.45) is 0 Å². The molecule has 2 nitrogen and oxygen atoms in total. The van der Waals surface area contributed by atoms with Crippen molar-refractivity contribution in [3.05, 3.63) is 53.6 Å². The molecule has 0 radical (unpaired) electrons. The van der Waals surface area contributed by atoms with Crippen molar-refractivity contribution >= 4 is 0 Å². The third-order valence-corrected chi connectivity index (χ3v) is 2.65. The van der Waals surface area contributed by atoms with Gasteiger partial charge in [-0.15, -0.1) is 0 Å². The van der Waals surface area contributed by atoms with E-state index in [9.17, 15) is 0 Å². The van der Waals surface area contributed by atoms with E-state index < -0.39 is 0 Å². The normalized spacial score (nSPS) is 10.7. The van der Waals surface area contributed by atoms with Gasteiger partial charge in [-0.25, -0.2) is 0 Å². The summed E-state index contributed by atoms with van der Waals surface area (Å²) in [4.78, 5) is 0. The molecule has 0 atom stereocenters. The number of unbranched alkanes of at least 4 members (excludes halogenated alkanes) is 1. The highest BCUT2D eigenvalue weighted by Crippen LogP contribution is 2.12. The maximum atomic E-state index is 5.63. The minimum absolute atomic E-state index is 0.668. The molecular weight excluding hydrogens is 236 g/mol. The Morgan fingerprint density at radius 1 is 1.16 bits per heavy atom. The molecule has 0 amide bonds. The Bertz CT molecular complexity index is 398. The smallest absolute Gasteiger partial charge is 0.118 e. The van der Waals surface area contributed by atoms with E-state index in [2.05, 4.69) is 32.1 Å². The number of methoxy groups -OCH3 is 1. The van der Waals surface area contributed by atoms with Crippen molar-refractivity contribution < 1.29 is 9.47 Å². The standard InChI is InChI=1S/C17H24O2/c1-15(2)8-6-4-5-7-13-19-14-16-9-11-17(18-3)12-10-16/h4,6,8-12H,5,7,13-14H2,1-3H3/b6-4+. The Morgan fingerprint density at radius 2 is 1.89 bits per heavy atom. The van der Waals surface area contributed by atoms with Gasteiger partial charge in [0.15, 0.2) is 0 Å². The van der Waals surface area contributed by atoms with Crippen molar-refractivity contribution in [1.82, 2.24) is 0 Å². The molecule has 0 unspecified atom stereocenters.